The molecule has 0 aromatic heterocycles. The van der Waals surface area contributed by atoms with Crippen LogP contribution in [0, 0.1) is 5.92 Å². The number of fused-ring (bicyclic) bond motifs is 1. The zero-order valence-corrected chi connectivity index (χ0v) is 23.2. The molecule has 1 aromatic rings. The fourth-order valence-corrected chi connectivity index (χ4v) is 4.83. The number of ether oxygens (including phenoxy) is 1. The highest BCUT2D eigenvalue weighted by Crippen LogP contribution is 2.33. The summed E-state index contributed by atoms with van der Waals surface area (Å²) < 4.78 is 5.63. The summed E-state index contributed by atoms with van der Waals surface area (Å²) in [6, 6.07) is 3.45. The molecule has 1 unspecified atom stereocenters. The maximum absolute atomic E-state index is 13.1. The van der Waals surface area contributed by atoms with E-state index in [0.29, 0.717) is 19.4 Å². The first-order chi connectivity index (χ1) is 19.6. The lowest BCUT2D eigenvalue weighted by Gasteiger charge is -2.27. The number of aliphatic carboxylic acids is 1. The van der Waals surface area contributed by atoms with E-state index in [-0.39, 0.29) is 54.4 Å². The lowest BCUT2D eigenvalue weighted by Crippen LogP contribution is -2.54. The van der Waals surface area contributed by atoms with Gasteiger partial charge in [-0.25, -0.2) is 0 Å². The van der Waals surface area contributed by atoms with E-state index in [1.165, 1.54) is 19.1 Å². The molecule has 3 N–H and O–H groups in total. The number of Topliss-reactive ketones (excluding diaryl/α,β-unsaturated/α-hetero) is 1. The minimum absolute atomic E-state index is 0.0179. The van der Waals surface area contributed by atoms with Gasteiger partial charge in [-0.3, -0.25) is 43.8 Å². The van der Waals surface area contributed by atoms with Crippen LogP contribution in [0.1, 0.15) is 98.3 Å². The number of rotatable bonds is 17. The Hall–Kier alpha value is -4.09. The van der Waals surface area contributed by atoms with Gasteiger partial charge in [0, 0.05) is 25.8 Å². The maximum Gasteiger partial charge on any atom is 0.306 e. The summed E-state index contributed by atoms with van der Waals surface area (Å²) in [4.78, 5) is 85.3. The van der Waals surface area contributed by atoms with Crippen LogP contribution >= 0.6 is 0 Å². The molecule has 12 nitrogen and oxygen atoms in total. The lowest BCUT2D eigenvalue weighted by atomic mass is 10.0. The summed E-state index contributed by atoms with van der Waals surface area (Å²) in [7, 11) is 0. The molecule has 12 heteroatoms. The molecule has 2 aliphatic rings. The predicted octanol–water partition coefficient (Wildman–Crippen LogP) is 2.38. The molecular weight excluding hydrogens is 534 g/mol. The van der Waals surface area contributed by atoms with Gasteiger partial charge in [0.15, 0.2) is 5.78 Å². The van der Waals surface area contributed by atoms with Gasteiger partial charge >= 0.3 is 5.97 Å². The van der Waals surface area contributed by atoms with E-state index < -0.39 is 41.6 Å². The molecule has 41 heavy (non-hydrogen) atoms. The summed E-state index contributed by atoms with van der Waals surface area (Å²) in [6.45, 7) is 1.79. The monoisotopic (exact) mass is 571 g/mol. The number of unbranched alkanes of at least 4 members (excludes halogenated alkanes) is 6. The van der Waals surface area contributed by atoms with Crippen LogP contribution in [0.4, 0.5) is 0 Å². The van der Waals surface area contributed by atoms with Crippen molar-refractivity contribution in [3.8, 4) is 5.75 Å². The number of hydrogen-bond donors (Lipinski definition) is 3. The minimum Gasteiger partial charge on any atom is -0.485 e. The zero-order valence-electron chi connectivity index (χ0n) is 23.2. The van der Waals surface area contributed by atoms with Crippen molar-refractivity contribution in [2.45, 2.75) is 83.6 Å². The Morgan fingerprint density at radius 2 is 1.71 bits per heavy atom. The van der Waals surface area contributed by atoms with Crippen LogP contribution in [0.5, 0.6) is 5.75 Å². The second-order valence-electron chi connectivity index (χ2n) is 10.5. The van der Waals surface area contributed by atoms with E-state index >= 15 is 0 Å². The third-order valence-electron chi connectivity index (χ3n) is 7.19. The highest BCUT2D eigenvalue weighted by molar-refractivity contribution is 6.24. The number of ketones is 1. The largest absolute Gasteiger partial charge is 0.485 e. The highest BCUT2D eigenvalue weighted by Gasteiger charge is 2.46. The average Bonchev–Trinajstić information content (AvgIpc) is 3.18. The van der Waals surface area contributed by atoms with Crippen molar-refractivity contribution in [3.63, 3.8) is 0 Å². The molecule has 2 aliphatic heterocycles. The van der Waals surface area contributed by atoms with Gasteiger partial charge < -0.3 is 15.2 Å². The Morgan fingerprint density at radius 3 is 2.39 bits per heavy atom. The van der Waals surface area contributed by atoms with Gasteiger partial charge in [-0.1, -0.05) is 45.1 Å². The van der Waals surface area contributed by atoms with Gasteiger partial charge in [0.1, 0.15) is 18.4 Å². The van der Waals surface area contributed by atoms with Gasteiger partial charge in [0.05, 0.1) is 17.0 Å². The number of nitrogens with one attached hydrogen (secondary N) is 2. The standard InChI is InChI=1S/C29H37N3O9/c1-18(29(39)40)16-24(35)30-15-8-6-4-2-3-5-7-10-19(33)17-41-22-12-9-11-20-25(22)28(38)32(27(20)37)21-13-14-23(34)31-26(21)36/h9,11-12,18,21H,2-8,10,13-17H2,1H3,(H,30,35)(H,39,40)(H,31,34,36)/t18-,21?/m0/s1. The second kappa shape index (κ2) is 15.1. The number of benzene rings is 1. The van der Waals surface area contributed by atoms with Gasteiger partial charge in [0.25, 0.3) is 11.8 Å². The number of nitrogens with zero attached hydrogens (tertiary/aromatic N) is 1. The van der Waals surface area contributed by atoms with Crippen LogP contribution in [0.2, 0.25) is 0 Å². The van der Waals surface area contributed by atoms with Crippen molar-refractivity contribution in [2.24, 2.45) is 5.92 Å². The Labute approximate surface area is 238 Å². The number of carboxylic acid groups (broad SMARTS) is 1. The van der Waals surface area contributed by atoms with Crippen molar-refractivity contribution in [1.82, 2.24) is 15.5 Å². The summed E-state index contributed by atoms with van der Waals surface area (Å²) in [5, 5.41) is 13.7. The van der Waals surface area contributed by atoms with Crippen molar-refractivity contribution in [2.75, 3.05) is 13.2 Å². The molecule has 0 spiro atoms. The van der Waals surface area contributed by atoms with Crippen molar-refractivity contribution >= 4 is 41.3 Å². The van der Waals surface area contributed by atoms with E-state index in [4.69, 9.17) is 9.84 Å². The van der Waals surface area contributed by atoms with Gasteiger partial charge in [-0.05, 0) is 31.4 Å². The Kier molecular flexibility index (Phi) is 11.5. The van der Waals surface area contributed by atoms with E-state index in [2.05, 4.69) is 10.6 Å². The average molecular weight is 572 g/mol. The quantitative estimate of drug-likeness (QED) is 0.187. The van der Waals surface area contributed by atoms with Crippen LogP contribution in [0.25, 0.3) is 0 Å². The lowest BCUT2D eigenvalue weighted by molar-refractivity contribution is -0.143. The van der Waals surface area contributed by atoms with Gasteiger partial charge in [-0.15, -0.1) is 0 Å². The zero-order chi connectivity index (χ0) is 29.9. The van der Waals surface area contributed by atoms with Crippen molar-refractivity contribution in [3.05, 3.63) is 29.3 Å². The normalized spacial score (nSPS) is 17.2. The topological polar surface area (TPSA) is 176 Å². The first kappa shape index (κ1) is 31.4. The van der Waals surface area contributed by atoms with Crippen LogP contribution in [-0.4, -0.2) is 70.5 Å². The molecule has 222 valence electrons. The molecule has 1 saturated heterocycles. The number of imide groups is 2. The molecule has 1 fully saturated rings. The Balaban J connectivity index is 1.31. The first-order valence-electron chi connectivity index (χ1n) is 14.1. The highest BCUT2D eigenvalue weighted by atomic mass is 16.5. The minimum atomic E-state index is -1.07. The molecule has 1 aromatic carbocycles. The molecular formula is C29H37N3O9. The Morgan fingerprint density at radius 1 is 1.02 bits per heavy atom. The number of carboxylic acids is 1. The van der Waals surface area contributed by atoms with E-state index in [9.17, 15) is 33.6 Å². The fraction of sp³-hybridized carbons (Fsp3) is 0.552. The van der Waals surface area contributed by atoms with E-state index in [1.807, 2.05) is 0 Å². The molecule has 5 amide bonds. The summed E-state index contributed by atoms with van der Waals surface area (Å²) >= 11 is 0. The van der Waals surface area contributed by atoms with Crippen LogP contribution in [-0.2, 0) is 24.0 Å². The molecule has 0 saturated carbocycles. The second-order valence-corrected chi connectivity index (χ2v) is 10.5. The summed E-state index contributed by atoms with van der Waals surface area (Å²) in [6.07, 6.45) is 6.71. The van der Waals surface area contributed by atoms with Crippen molar-refractivity contribution in [1.29, 1.82) is 0 Å². The number of piperidine rings is 1. The summed E-state index contributed by atoms with van der Waals surface area (Å²) in [5.41, 5.74) is 0.115. The van der Waals surface area contributed by atoms with E-state index in [0.717, 1.165) is 43.4 Å². The van der Waals surface area contributed by atoms with Crippen LogP contribution in [0.15, 0.2) is 18.2 Å². The maximum atomic E-state index is 13.1. The fourth-order valence-electron chi connectivity index (χ4n) is 4.83. The third-order valence-corrected chi connectivity index (χ3v) is 7.19. The number of carbonyl (C=O) groups excluding carboxylic acids is 6. The number of amides is 5. The third kappa shape index (κ3) is 8.70. The molecule has 0 bridgehead atoms. The predicted molar refractivity (Wildman–Crippen MR) is 145 cm³/mol. The van der Waals surface area contributed by atoms with Gasteiger partial charge in [0.2, 0.25) is 17.7 Å². The van der Waals surface area contributed by atoms with Gasteiger partial charge in [-0.2, -0.15) is 0 Å². The Bertz CT molecular complexity index is 1200. The van der Waals surface area contributed by atoms with Crippen molar-refractivity contribution < 1.29 is 43.4 Å². The molecule has 0 radical (unpaired) electrons. The summed E-state index contributed by atoms with van der Waals surface area (Å²) in [5.74, 6) is -4.41. The SMILES string of the molecule is C[C@@H](CC(=O)NCCCCCCCCCC(=O)COc1cccc2c1C(=O)N(C1CCC(=O)NC1=O)C2=O)C(=O)O. The first-order valence-corrected chi connectivity index (χ1v) is 14.1. The van der Waals surface area contributed by atoms with Crippen LogP contribution < -0.4 is 15.4 Å². The molecule has 0 aliphatic carbocycles. The molecule has 3 rings (SSSR count). The van der Waals surface area contributed by atoms with Crippen LogP contribution in [0.3, 0.4) is 0 Å². The smallest absolute Gasteiger partial charge is 0.306 e. The number of hydrogen-bond acceptors (Lipinski definition) is 8. The molecule has 2 heterocycles. The number of carbonyl (C=O) groups is 7. The van der Waals surface area contributed by atoms with E-state index in [1.54, 1.807) is 6.07 Å². The molecule has 2 atom stereocenters.